The second kappa shape index (κ2) is 6.07. The lowest BCUT2D eigenvalue weighted by Crippen LogP contribution is -2.31. The monoisotopic (exact) mass is 241 g/mol. The van der Waals surface area contributed by atoms with Gasteiger partial charge in [0, 0.05) is 25.8 Å². The molecule has 1 heterocycles. The second-order valence-electron chi connectivity index (χ2n) is 4.40. The number of ether oxygens (including phenoxy) is 1. The van der Waals surface area contributed by atoms with Gasteiger partial charge in [0.15, 0.2) is 0 Å². The van der Waals surface area contributed by atoms with Crippen molar-refractivity contribution in [3.8, 4) is 0 Å². The van der Waals surface area contributed by atoms with Crippen molar-refractivity contribution in [3.05, 3.63) is 35.4 Å². The van der Waals surface area contributed by atoms with Gasteiger partial charge in [-0.2, -0.15) is 0 Å². The summed E-state index contributed by atoms with van der Waals surface area (Å²) in [6, 6.07) is 3.57. The molecule has 4 heteroatoms. The quantitative estimate of drug-likeness (QED) is 0.875. The van der Waals surface area contributed by atoms with Gasteiger partial charge in [0.2, 0.25) is 0 Å². The second-order valence-corrected chi connectivity index (χ2v) is 4.40. The molecule has 1 aliphatic rings. The average Bonchev–Trinajstić information content (AvgIpc) is 2.29. The van der Waals surface area contributed by atoms with E-state index in [4.69, 9.17) is 4.74 Å². The molecule has 2 rings (SSSR count). The van der Waals surface area contributed by atoms with Crippen LogP contribution in [0.25, 0.3) is 0 Å². The van der Waals surface area contributed by atoms with Crippen LogP contribution in [-0.4, -0.2) is 19.3 Å². The molecule has 1 aliphatic heterocycles. The molecule has 94 valence electrons. The van der Waals surface area contributed by atoms with Crippen molar-refractivity contribution in [3.63, 3.8) is 0 Å². The van der Waals surface area contributed by atoms with E-state index < -0.39 is 11.6 Å². The predicted molar refractivity (Wildman–Crippen MR) is 61.7 cm³/mol. The first-order chi connectivity index (χ1) is 8.24. The van der Waals surface area contributed by atoms with Crippen LogP contribution in [0.1, 0.15) is 24.8 Å². The summed E-state index contributed by atoms with van der Waals surface area (Å²) in [6.07, 6.45) is 3.62. The smallest absolute Gasteiger partial charge is 0.126 e. The molecule has 0 aromatic heterocycles. The molecule has 0 radical (unpaired) electrons. The van der Waals surface area contributed by atoms with E-state index in [0.717, 1.165) is 32.1 Å². The molecule has 0 spiro atoms. The van der Waals surface area contributed by atoms with Gasteiger partial charge in [-0.15, -0.1) is 0 Å². The third-order valence-electron chi connectivity index (χ3n) is 2.90. The Morgan fingerprint density at radius 2 is 1.94 bits per heavy atom. The highest BCUT2D eigenvalue weighted by Gasteiger charge is 2.12. The van der Waals surface area contributed by atoms with Gasteiger partial charge in [0.1, 0.15) is 11.6 Å². The maximum atomic E-state index is 12.9. The molecule has 17 heavy (non-hydrogen) atoms. The number of rotatable bonds is 4. The summed E-state index contributed by atoms with van der Waals surface area (Å²) in [6.45, 7) is 2.02. The molecule has 1 N–H and O–H groups in total. The van der Waals surface area contributed by atoms with E-state index in [2.05, 4.69) is 5.32 Å². The first-order valence-electron chi connectivity index (χ1n) is 6.01. The maximum absolute atomic E-state index is 12.9. The largest absolute Gasteiger partial charge is 0.377 e. The number of hydrogen-bond acceptors (Lipinski definition) is 2. The van der Waals surface area contributed by atoms with Gasteiger partial charge in [-0.25, -0.2) is 8.78 Å². The van der Waals surface area contributed by atoms with E-state index in [1.807, 2.05) is 0 Å². The fraction of sp³-hybridized carbons (Fsp3) is 0.538. The van der Waals surface area contributed by atoms with E-state index in [-0.39, 0.29) is 6.10 Å². The van der Waals surface area contributed by atoms with E-state index in [9.17, 15) is 8.78 Å². The normalized spacial score (nSPS) is 20.5. The molecule has 0 aliphatic carbocycles. The fourth-order valence-corrected chi connectivity index (χ4v) is 2.06. The molecule has 1 unspecified atom stereocenters. The number of nitrogens with one attached hydrogen (secondary N) is 1. The Labute approximate surface area is 100.0 Å². The van der Waals surface area contributed by atoms with Crippen LogP contribution in [0.2, 0.25) is 0 Å². The third-order valence-corrected chi connectivity index (χ3v) is 2.90. The summed E-state index contributed by atoms with van der Waals surface area (Å²) < 4.78 is 31.4. The first kappa shape index (κ1) is 12.5. The van der Waals surface area contributed by atoms with Crippen LogP contribution in [0.3, 0.4) is 0 Å². The highest BCUT2D eigenvalue weighted by atomic mass is 19.1. The van der Waals surface area contributed by atoms with E-state index >= 15 is 0 Å². The lowest BCUT2D eigenvalue weighted by atomic mass is 10.1. The molecule has 0 bridgehead atoms. The van der Waals surface area contributed by atoms with Crippen LogP contribution in [0.5, 0.6) is 0 Å². The molecule has 1 saturated heterocycles. The SMILES string of the molecule is Fc1cc(F)cc(CNCC2CCCCO2)c1. The van der Waals surface area contributed by atoms with E-state index in [1.54, 1.807) is 0 Å². The summed E-state index contributed by atoms with van der Waals surface area (Å²) in [5.74, 6) is -1.06. The van der Waals surface area contributed by atoms with Crippen molar-refractivity contribution in [2.45, 2.75) is 31.9 Å². The minimum atomic E-state index is -0.532. The molecule has 2 nitrogen and oxygen atoms in total. The summed E-state index contributed by atoms with van der Waals surface area (Å²) >= 11 is 0. The van der Waals surface area contributed by atoms with Crippen LogP contribution in [0, 0.1) is 11.6 Å². The minimum absolute atomic E-state index is 0.238. The van der Waals surface area contributed by atoms with Crippen LogP contribution in [-0.2, 0) is 11.3 Å². The molecule has 0 saturated carbocycles. The number of hydrogen-bond donors (Lipinski definition) is 1. The molecule has 1 atom stereocenters. The number of halogens is 2. The predicted octanol–water partition coefficient (Wildman–Crippen LogP) is 2.62. The number of benzene rings is 1. The Kier molecular flexibility index (Phi) is 4.45. The van der Waals surface area contributed by atoms with Crippen LogP contribution < -0.4 is 5.32 Å². The summed E-state index contributed by atoms with van der Waals surface area (Å²) in [4.78, 5) is 0. The molecular formula is C13H17F2NO. The Morgan fingerprint density at radius 1 is 1.18 bits per heavy atom. The lowest BCUT2D eigenvalue weighted by Gasteiger charge is -2.22. The minimum Gasteiger partial charge on any atom is -0.377 e. The van der Waals surface area contributed by atoms with Crippen molar-refractivity contribution in [2.75, 3.05) is 13.2 Å². The van der Waals surface area contributed by atoms with E-state index in [0.29, 0.717) is 12.1 Å². The van der Waals surface area contributed by atoms with Gasteiger partial charge in [0.25, 0.3) is 0 Å². The summed E-state index contributed by atoms with van der Waals surface area (Å²) in [5, 5.41) is 3.17. The Hall–Kier alpha value is -1.00. The maximum Gasteiger partial charge on any atom is 0.126 e. The topological polar surface area (TPSA) is 21.3 Å². The molecular weight excluding hydrogens is 224 g/mol. The van der Waals surface area contributed by atoms with Gasteiger partial charge in [-0.3, -0.25) is 0 Å². The van der Waals surface area contributed by atoms with Crippen LogP contribution in [0.15, 0.2) is 18.2 Å². The van der Waals surface area contributed by atoms with Crippen molar-refractivity contribution in [2.24, 2.45) is 0 Å². The van der Waals surface area contributed by atoms with Crippen molar-refractivity contribution in [1.82, 2.24) is 5.32 Å². The standard InChI is InChI=1S/C13H17F2NO/c14-11-5-10(6-12(15)7-11)8-16-9-13-3-1-2-4-17-13/h5-7,13,16H,1-4,8-9H2. The van der Waals surface area contributed by atoms with Crippen LogP contribution >= 0.6 is 0 Å². The van der Waals surface area contributed by atoms with Crippen LogP contribution in [0.4, 0.5) is 8.78 Å². The molecule has 1 aromatic rings. The lowest BCUT2D eigenvalue weighted by molar-refractivity contribution is 0.0168. The summed E-state index contributed by atoms with van der Waals surface area (Å²) in [5.41, 5.74) is 0.623. The van der Waals surface area contributed by atoms with Crippen molar-refractivity contribution < 1.29 is 13.5 Å². The van der Waals surface area contributed by atoms with Crippen molar-refractivity contribution >= 4 is 0 Å². The zero-order valence-electron chi connectivity index (χ0n) is 9.72. The molecule has 1 aromatic carbocycles. The third kappa shape index (κ3) is 4.06. The van der Waals surface area contributed by atoms with Gasteiger partial charge < -0.3 is 10.1 Å². The Balaban J connectivity index is 1.77. The van der Waals surface area contributed by atoms with Gasteiger partial charge in [-0.1, -0.05) is 0 Å². The highest BCUT2D eigenvalue weighted by Crippen LogP contribution is 2.12. The molecule has 0 amide bonds. The highest BCUT2D eigenvalue weighted by molar-refractivity contribution is 5.17. The van der Waals surface area contributed by atoms with Gasteiger partial charge >= 0.3 is 0 Å². The van der Waals surface area contributed by atoms with Crippen molar-refractivity contribution in [1.29, 1.82) is 0 Å². The molecule has 1 fully saturated rings. The Bertz CT molecular complexity index is 344. The Morgan fingerprint density at radius 3 is 2.59 bits per heavy atom. The fourth-order valence-electron chi connectivity index (χ4n) is 2.06. The van der Waals surface area contributed by atoms with Gasteiger partial charge in [0.05, 0.1) is 6.10 Å². The zero-order chi connectivity index (χ0) is 12.1. The van der Waals surface area contributed by atoms with Gasteiger partial charge in [-0.05, 0) is 37.0 Å². The average molecular weight is 241 g/mol. The van der Waals surface area contributed by atoms with E-state index in [1.165, 1.54) is 18.6 Å². The first-order valence-corrected chi connectivity index (χ1v) is 6.01. The zero-order valence-corrected chi connectivity index (χ0v) is 9.72. The summed E-state index contributed by atoms with van der Waals surface area (Å²) in [7, 11) is 0.